The van der Waals surface area contributed by atoms with Crippen molar-refractivity contribution >= 4 is 12.3 Å². The Labute approximate surface area is 172 Å². The minimum atomic E-state index is -0.477. The lowest BCUT2D eigenvalue weighted by Gasteiger charge is -2.27. The first-order valence-electron chi connectivity index (χ1n) is 10.1. The highest BCUT2D eigenvalue weighted by atomic mass is 16.6. The highest BCUT2D eigenvalue weighted by Gasteiger charge is 2.19. The topological polar surface area (TPSA) is 68.3 Å². The number of carbonyl (C=O) groups is 2. The van der Waals surface area contributed by atoms with Crippen molar-refractivity contribution in [3.63, 3.8) is 0 Å². The molecule has 0 rings (SSSR count). The predicted octanol–water partition coefficient (Wildman–Crippen LogP) is 2.62. The van der Waals surface area contributed by atoms with Crippen molar-refractivity contribution in [1.82, 2.24) is 9.80 Å². The molecule has 0 aromatic rings. The first kappa shape index (κ1) is 29.2. The summed E-state index contributed by atoms with van der Waals surface area (Å²) < 4.78 is 15.7. The van der Waals surface area contributed by atoms with Gasteiger partial charge in [-0.3, -0.25) is 14.6 Å². The van der Waals surface area contributed by atoms with E-state index in [1.54, 1.807) is 7.11 Å². The summed E-state index contributed by atoms with van der Waals surface area (Å²) in [5.41, 5.74) is -0.435. The van der Waals surface area contributed by atoms with Gasteiger partial charge in [0.05, 0.1) is 25.3 Å². The first-order valence-corrected chi connectivity index (χ1v) is 10.1. The van der Waals surface area contributed by atoms with E-state index in [9.17, 15) is 9.59 Å². The Morgan fingerprint density at radius 2 is 1.46 bits per heavy atom. The van der Waals surface area contributed by atoms with E-state index in [-0.39, 0.29) is 18.1 Å². The van der Waals surface area contributed by atoms with Crippen molar-refractivity contribution in [3.8, 4) is 0 Å². The largest absolute Gasteiger partial charge is 0.459 e. The third-order valence-electron chi connectivity index (χ3n) is 3.65. The van der Waals surface area contributed by atoms with Crippen LogP contribution in [0.4, 0.5) is 0 Å². The van der Waals surface area contributed by atoms with Gasteiger partial charge in [-0.15, -0.1) is 0 Å². The molecule has 168 valence electrons. The van der Waals surface area contributed by atoms with Gasteiger partial charge in [-0.1, -0.05) is 6.92 Å². The average molecular weight is 405 g/mol. The Hall–Kier alpha value is -1.02. The number of methoxy groups -OCH3 is 1. The average Bonchev–Trinajstić information content (AvgIpc) is 2.56. The van der Waals surface area contributed by atoms with E-state index in [4.69, 9.17) is 14.2 Å². The lowest BCUT2D eigenvalue weighted by Crippen LogP contribution is -2.41. The van der Waals surface area contributed by atoms with E-state index in [1.807, 2.05) is 65.2 Å². The first-order chi connectivity index (χ1) is 12.9. The highest BCUT2D eigenvalue weighted by Crippen LogP contribution is 2.07. The molecule has 0 aliphatic rings. The number of aldehydes is 1. The highest BCUT2D eigenvalue weighted by molar-refractivity contribution is 5.72. The fraction of sp³-hybridized carbons (Fsp3) is 0.905. The quantitative estimate of drug-likeness (QED) is 0.281. The molecule has 28 heavy (non-hydrogen) atoms. The molecule has 0 heterocycles. The number of hydrogen-bond acceptors (Lipinski definition) is 7. The minimum absolute atomic E-state index is 0.0417. The summed E-state index contributed by atoms with van der Waals surface area (Å²) in [6, 6.07) is 0. The summed E-state index contributed by atoms with van der Waals surface area (Å²) in [6.45, 7) is 20.4. The van der Waals surface area contributed by atoms with Crippen molar-refractivity contribution < 1.29 is 23.8 Å². The monoisotopic (exact) mass is 404 g/mol. The summed E-state index contributed by atoms with van der Waals surface area (Å²) in [5, 5.41) is 0. The lowest BCUT2D eigenvalue weighted by molar-refractivity contribution is -0.156. The van der Waals surface area contributed by atoms with Crippen LogP contribution >= 0.6 is 0 Å². The summed E-state index contributed by atoms with van der Waals surface area (Å²) in [5.74, 6) is -0.234. The van der Waals surface area contributed by atoms with Gasteiger partial charge in [0.2, 0.25) is 0 Å². The predicted molar refractivity (Wildman–Crippen MR) is 114 cm³/mol. The van der Waals surface area contributed by atoms with E-state index in [0.29, 0.717) is 32.8 Å². The smallest absolute Gasteiger partial charge is 0.320 e. The van der Waals surface area contributed by atoms with Crippen LogP contribution in [0.15, 0.2) is 0 Å². The van der Waals surface area contributed by atoms with Crippen LogP contribution in [-0.2, 0) is 23.8 Å². The van der Waals surface area contributed by atoms with Gasteiger partial charge >= 0.3 is 5.97 Å². The van der Waals surface area contributed by atoms with E-state index in [0.717, 1.165) is 19.4 Å². The van der Waals surface area contributed by atoms with Crippen LogP contribution in [0.3, 0.4) is 0 Å². The lowest BCUT2D eigenvalue weighted by atomic mass is 10.2. The molecular weight excluding hydrogens is 360 g/mol. The Morgan fingerprint density at radius 3 is 1.86 bits per heavy atom. The molecule has 0 atom stereocenters. The molecule has 0 radical (unpaired) electrons. The molecule has 0 aromatic carbocycles. The molecule has 7 nitrogen and oxygen atoms in total. The number of rotatable bonds is 12. The molecule has 0 aromatic heterocycles. The number of esters is 1. The normalized spacial score (nSPS) is 12.0. The molecule has 0 spiro atoms. The zero-order valence-electron chi connectivity index (χ0n) is 19.7. The minimum Gasteiger partial charge on any atom is -0.459 e. The Morgan fingerprint density at radius 1 is 0.929 bits per heavy atom. The summed E-state index contributed by atoms with van der Waals surface area (Å²) in [6.07, 6.45) is 0.905. The maximum Gasteiger partial charge on any atom is 0.320 e. The fourth-order valence-corrected chi connectivity index (χ4v) is 1.93. The second-order valence-corrected chi connectivity index (χ2v) is 8.44. The van der Waals surface area contributed by atoms with Crippen molar-refractivity contribution in [2.45, 2.75) is 66.6 Å². The molecule has 0 unspecified atom stereocenters. The molecule has 0 N–H and O–H groups in total. The van der Waals surface area contributed by atoms with Gasteiger partial charge in [-0.2, -0.15) is 0 Å². The molecule has 0 saturated heterocycles. The van der Waals surface area contributed by atoms with Crippen LogP contribution in [-0.4, -0.2) is 92.8 Å². The summed E-state index contributed by atoms with van der Waals surface area (Å²) in [7, 11) is 1.71. The molecule has 0 fully saturated rings. The van der Waals surface area contributed by atoms with Crippen LogP contribution in [0, 0.1) is 0 Å². The number of likely N-dealkylation sites (N-methyl/N-ethyl adjacent to an activating group) is 1. The SMILES string of the molecule is CCOCCN(CCN(CC)CC=O)CC(=O)OC(C)(C)C.COC(C)(C)C. The maximum absolute atomic E-state index is 12.0. The van der Waals surface area contributed by atoms with Gasteiger partial charge in [0, 0.05) is 33.4 Å². The molecule has 0 aliphatic carbocycles. The van der Waals surface area contributed by atoms with Gasteiger partial charge in [0.15, 0.2) is 0 Å². The van der Waals surface area contributed by atoms with Gasteiger partial charge in [-0.25, -0.2) is 0 Å². The number of nitrogens with zero attached hydrogens (tertiary/aromatic N) is 2. The van der Waals surface area contributed by atoms with Crippen molar-refractivity contribution in [2.24, 2.45) is 0 Å². The molecular formula is C21H44N2O5. The molecule has 0 saturated carbocycles. The summed E-state index contributed by atoms with van der Waals surface area (Å²) >= 11 is 0. The van der Waals surface area contributed by atoms with Crippen LogP contribution in [0.5, 0.6) is 0 Å². The van der Waals surface area contributed by atoms with Crippen LogP contribution in [0.25, 0.3) is 0 Å². The Bertz CT molecular complexity index is 403. The summed E-state index contributed by atoms with van der Waals surface area (Å²) in [4.78, 5) is 26.6. The third kappa shape index (κ3) is 21.3. The van der Waals surface area contributed by atoms with Crippen LogP contribution < -0.4 is 0 Å². The Kier molecular flexibility index (Phi) is 16.5. The van der Waals surface area contributed by atoms with Crippen molar-refractivity contribution in [1.29, 1.82) is 0 Å². The van der Waals surface area contributed by atoms with Crippen molar-refractivity contribution in [3.05, 3.63) is 0 Å². The third-order valence-corrected chi connectivity index (χ3v) is 3.65. The van der Waals surface area contributed by atoms with Crippen molar-refractivity contribution in [2.75, 3.05) is 59.6 Å². The second-order valence-electron chi connectivity index (χ2n) is 8.44. The number of ether oxygens (including phenoxy) is 3. The van der Waals surface area contributed by atoms with Crippen LogP contribution in [0.1, 0.15) is 55.4 Å². The van der Waals surface area contributed by atoms with E-state index >= 15 is 0 Å². The molecule has 7 heteroatoms. The van der Waals surface area contributed by atoms with Gasteiger partial charge in [0.1, 0.15) is 11.9 Å². The standard InChI is InChI=1S/C16H32N2O4.C5H12O/c1-6-17(10-12-19)8-9-18(11-13-21-7-2)14-15(20)22-16(3,4)5;1-5(2,3)6-4/h12H,6-11,13-14H2,1-5H3;1-4H3. The Balaban J connectivity index is 0. The van der Waals surface area contributed by atoms with E-state index in [2.05, 4.69) is 0 Å². The second kappa shape index (κ2) is 15.9. The van der Waals surface area contributed by atoms with E-state index < -0.39 is 5.60 Å². The molecule has 0 amide bonds. The zero-order valence-corrected chi connectivity index (χ0v) is 19.7. The zero-order chi connectivity index (χ0) is 22.2. The van der Waals surface area contributed by atoms with Gasteiger partial charge < -0.3 is 19.0 Å². The van der Waals surface area contributed by atoms with E-state index in [1.165, 1.54) is 0 Å². The molecule has 0 bridgehead atoms. The fourth-order valence-electron chi connectivity index (χ4n) is 1.93. The van der Waals surface area contributed by atoms with Crippen LogP contribution in [0.2, 0.25) is 0 Å². The van der Waals surface area contributed by atoms with Gasteiger partial charge in [0.25, 0.3) is 0 Å². The van der Waals surface area contributed by atoms with Gasteiger partial charge in [-0.05, 0) is 55.0 Å². The number of carbonyl (C=O) groups excluding carboxylic acids is 2. The molecule has 0 aliphatic heterocycles. The maximum atomic E-state index is 12.0. The number of hydrogen-bond donors (Lipinski definition) is 0.